The largest absolute Gasteiger partial charge is 1.00 e. The molecule has 0 rings (SSSR count). The predicted molar refractivity (Wildman–Crippen MR) is 50.2 cm³/mol. The van der Waals surface area contributed by atoms with E-state index in [0.717, 1.165) is 0 Å². The quantitative estimate of drug-likeness (QED) is 0.414. The number of rotatable bonds is 5. The molecule has 0 unspecified atom stereocenters. The van der Waals surface area contributed by atoms with Gasteiger partial charge in [-0.25, -0.2) is 0 Å². The summed E-state index contributed by atoms with van der Waals surface area (Å²) in [6.07, 6.45) is 6.55. The van der Waals surface area contributed by atoms with E-state index in [9.17, 15) is 0 Å². The predicted octanol–water partition coefficient (Wildman–Crippen LogP) is 3.28. The van der Waals surface area contributed by atoms with Crippen LogP contribution in [0, 0.1) is 0 Å². The molecule has 0 saturated carbocycles. The van der Waals surface area contributed by atoms with Gasteiger partial charge in [0, 0.05) is 0 Å². The van der Waals surface area contributed by atoms with Crippen molar-refractivity contribution in [2.24, 2.45) is 0 Å². The van der Waals surface area contributed by atoms with Gasteiger partial charge in [0.15, 0.2) is 0 Å². The summed E-state index contributed by atoms with van der Waals surface area (Å²) in [6, 6.07) is 0. The Morgan fingerprint density at radius 3 is 2.00 bits per heavy atom. The molecule has 0 atom stereocenters. The minimum atomic E-state index is 0. The van der Waals surface area contributed by atoms with Crippen molar-refractivity contribution in [2.75, 3.05) is 0 Å². The zero-order valence-corrected chi connectivity index (χ0v) is 10.7. The van der Waals surface area contributed by atoms with Crippen LogP contribution in [-0.2, 0) is 35.0 Å². The molecule has 0 aromatic carbocycles. The molecule has 0 heterocycles. The number of hydrogen-bond acceptors (Lipinski definition) is 1. The second-order valence-electron chi connectivity index (χ2n) is 3.57. The maximum absolute atomic E-state index is 5.23. The first-order valence-electron chi connectivity index (χ1n) is 4.26. The van der Waals surface area contributed by atoms with Gasteiger partial charge in [0.1, 0.15) is 0 Å². The van der Waals surface area contributed by atoms with Crippen molar-refractivity contribution < 1.29 is 22.4 Å². The van der Waals surface area contributed by atoms with Crippen molar-refractivity contribution in [1.29, 1.82) is 0 Å². The standard InChI is InChI=1S/C9H20S.Au/c1-4-5-6-7-8-9(2,3)10;/h10H,4-8H2,1-3H3;/q;+1/p-1. The van der Waals surface area contributed by atoms with Crippen LogP contribution >= 0.6 is 0 Å². The Labute approximate surface area is 92.4 Å². The topological polar surface area (TPSA) is 0 Å². The van der Waals surface area contributed by atoms with E-state index in [1.165, 1.54) is 32.1 Å². The summed E-state index contributed by atoms with van der Waals surface area (Å²) < 4.78 is 0.133. The molecule has 0 bridgehead atoms. The SMILES string of the molecule is CCCCCCC(C)(C)[S-].[Au+]. The van der Waals surface area contributed by atoms with Crippen molar-refractivity contribution in [3.63, 3.8) is 0 Å². The van der Waals surface area contributed by atoms with Crippen LogP contribution < -0.4 is 0 Å². The normalized spacial score (nSPS) is 10.9. The van der Waals surface area contributed by atoms with Gasteiger partial charge < -0.3 is 12.6 Å². The molecule has 11 heavy (non-hydrogen) atoms. The van der Waals surface area contributed by atoms with Crippen molar-refractivity contribution >= 4 is 12.6 Å². The molecule has 0 aromatic heterocycles. The van der Waals surface area contributed by atoms with Crippen LogP contribution in [0.4, 0.5) is 0 Å². The monoisotopic (exact) mass is 356 g/mol. The third kappa shape index (κ3) is 14.0. The van der Waals surface area contributed by atoms with Crippen LogP contribution in [0.15, 0.2) is 0 Å². The Morgan fingerprint density at radius 2 is 1.64 bits per heavy atom. The fraction of sp³-hybridized carbons (Fsp3) is 1.00. The Hall–Kier alpha value is 1.09. The van der Waals surface area contributed by atoms with E-state index in [1.807, 2.05) is 0 Å². The van der Waals surface area contributed by atoms with Crippen LogP contribution in [0.25, 0.3) is 0 Å². The summed E-state index contributed by atoms with van der Waals surface area (Å²) in [5.41, 5.74) is 0. The first-order valence-corrected chi connectivity index (χ1v) is 4.67. The van der Waals surface area contributed by atoms with Crippen molar-refractivity contribution in [3.8, 4) is 0 Å². The van der Waals surface area contributed by atoms with E-state index < -0.39 is 0 Å². The van der Waals surface area contributed by atoms with Crippen LogP contribution in [0.3, 0.4) is 0 Å². The summed E-state index contributed by atoms with van der Waals surface area (Å²) in [5, 5.41) is 0. The summed E-state index contributed by atoms with van der Waals surface area (Å²) in [7, 11) is 0. The van der Waals surface area contributed by atoms with Gasteiger partial charge >= 0.3 is 22.4 Å². The summed E-state index contributed by atoms with van der Waals surface area (Å²) in [6.45, 7) is 6.50. The second-order valence-corrected chi connectivity index (χ2v) is 4.68. The molecule has 0 N–H and O–H groups in total. The zero-order chi connectivity index (χ0) is 8.04. The molecule has 0 aliphatic rings. The van der Waals surface area contributed by atoms with E-state index in [2.05, 4.69) is 20.8 Å². The Morgan fingerprint density at radius 1 is 1.09 bits per heavy atom. The maximum Gasteiger partial charge on any atom is 1.00 e. The zero-order valence-electron chi connectivity index (χ0n) is 7.75. The van der Waals surface area contributed by atoms with Crippen molar-refractivity contribution in [1.82, 2.24) is 0 Å². The number of hydrogen-bond donors (Lipinski definition) is 0. The molecular formula is C9H19AuS. The second kappa shape index (κ2) is 7.72. The smallest absolute Gasteiger partial charge is 0.786 e. The first kappa shape index (κ1) is 14.6. The molecule has 0 saturated heterocycles. The van der Waals surface area contributed by atoms with E-state index in [4.69, 9.17) is 12.6 Å². The van der Waals surface area contributed by atoms with Crippen LogP contribution in [0.1, 0.15) is 52.9 Å². The van der Waals surface area contributed by atoms with Crippen LogP contribution in [-0.4, -0.2) is 4.75 Å². The molecule has 0 radical (unpaired) electrons. The minimum absolute atomic E-state index is 0. The van der Waals surface area contributed by atoms with Gasteiger partial charge in [0.25, 0.3) is 0 Å². The molecule has 0 spiro atoms. The van der Waals surface area contributed by atoms with Gasteiger partial charge in [-0.2, -0.15) is 4.75 Å². The van der Waals surface area contributed by atoms with Crippen LogP contribution in [0.2, 0.25) is 0 Å². The Bertz CT molecular complexity index is 76.1. The fourth-order valence-corrected chi connectivity index (χ4v) is 1.12. The third-order valence-electron chi connectivity index (χ3n) is 1.63. The van der Waals surface area contributed by atoms with Crippen molar-refractivity contribution in [3.05, 3.63) is 0 Å². The van der Waals surface area contributed by atoms with Gasteiger partial charge in [-0.1, -0.05) is 52.9 Å². The molecule has 0 fully saturated rings. The van der Waals surface area contributed by atoms with Gasteiger partial charge in [0.05, 0.1) is 0 Å². The summed E-state index contributed by atoms with van der Waals surface area (Å²) in [5.74, 6) is 0. The van der Waals surface area contributed by atoms with E-state index >= 15 is 0 Å². The third-order valence-corrected chi connectivity index (χ3v) is 1.84. The molecular weight excluding hydrogens is 337 g/mol. The first-order chi connectivity index (χ1) is 4.56. The molecule has 0 aromatic rings. The minimum Gasteiger partial charge on any atom is -0.786 e. The van der Waals surface area contributed by atoms with Crippen LogP contribution in [0.5, 0.6) is 0 Å². The van der Waals surface area contributed by atoms with E-state index in [0.29, 0.717) is 0 Å². The Kier molecular flexibility index (Phi) is 10.3. The molecule has 2 heteroatoms. The van der Waals surface area contributed by atoms with Gasteiger partial charge in [-0.3, -0.25) is 0 Å². The molecule has 0 aliphatic heterocycles. The fourth-order valence-electron chi connectivity index (χ4n) is 0.977. The molecule has 0 nitrogen and oxygen atoms in total. The summed E-state index contributed by atoms with van der Waals surface area (Å²) >= 11 is 5.23. The molecule has 72 valence electrons. The van der Waals surface area contributed by atoms with Gasteiger partial charge in [0.2, 0.25) is 0 Å². The average molecular weight is 356 g/mol. The van der Waals surface area contributed by atoms with E-state index in [1.54, 1.807) is 0 Å². The average Bonchev–Trinajstić information content (AvgIpc) is 1.78. The number of unbranched alkanes of at least 4 members (excludes halogenated alkanes) is 3. The van der Waals surface area contributed by atoms with Gasteiger partial charge in [-0.15, -0.1) is 0 Å². The molecule has 0 amide bonds. The summed E-state index contributed by atoms with van der Waals surface area (Å²) in [4.78, 5) is 0. The van der Waals surface area contributed by atoms with Gasteiger partial charge in [-0.05, 0) is 0 Å². The molecule has 0 aliphatic carbocycles. The Balaban J connectivity index is 0. The van der Waals surface area contributed by atoms with Crippen molar-refractivity contribution in [2.45, 2.75) is 57.6 Å². The maximum atomic E-state index is 5.23. The van der Waals surface area contributed by atoms with E-state index in [-0.39, 0.29) is 27.1 Å².